The van der Waals surface area contributed by atoms with Crippen LogP contribution < -0.4 is 0 Å². The van der Waals surface area contributed by atoms with Crippen molar-refractivity contribution < 1.29 is 36.0 Å². The second-order valence-electron chi connectivity index (χ2n) is 3.70. The molecule has 10 heteroatoms. The minimum absolute atomic E-state index is 0.489. The molecule has 112 valence electrons. The van der Waals surface area contributed by atoms with Crippen molar-refractivity contribution >= 4 is 5.69 Å². The third-order valence-electron chi connectivity index (χ3n) is 2.21. The van der Waals surface area contributed by atoms with Crippen molar-refractivity contribution in [3.8, 4) is 0 Å². The summed E-state index contributed by atoms with van der Waals surface area (Å²) in [6.45, 7) is -2.95. The van der Waals surface area contributed by atoms with Crippen LogP contribution in [0.5, 0.6) is 0 Å². The molecule has 0 N–H and O–H groups in total. The van der Waals surface area contributed by atoms with Gasteiger partial charge < -0.3 is 4.74 Å². The molecule has 0 aliphatic carbocycles. The molecule has 0 heterocycles. The van der Waals surface area contributed by atoms with E-state index in [1.165, 1.54) is 0 Å². The number of benzene rings is 1. The lowest BCUT2D eigenvalue weighted by Gasteiger charge is -2.19. The molecular weight excluding hydrogens is 296 g/mol. The number of alkyl halides is 5. The molecule has 0 fully saturated rings. The van der Waals surface area contributed by atoms with Crippen molar-refractivity contribution in [2.24, 2.45) is 0 Å². The van der Waals surface area contributed by atoms with Crippen LogP contribution in [-0.4, -0.2) is 23.6 Å². The molecule has 0 saturated carbocycles. The van der Waals surface area contributed by atoms with E-state index >= 15 is 0 Å². The van der Waals surface area contributed by atoms with Crippen LogP contribution in [0.2, 0.25) is 0 Å². The van der Waals surface area contributed by atoms with E-state index in [0.29, 0.717) is 0 Å². The number of hydrogen-bond acceptors (Lipinski definition) is 3. The van der Waals surface area contributed by atoms with E-state index in [1.54, 1.807) is 0 Å². The van der Waals surface area contributed by atoms with E-state index < -0.39 is 47.3 Å². The highest BCUT2D eigenvalue weighted by Crippen LogP contribution is 2.35. The monoisotopic (exact) mass is 303 g/mol. The molecule has 0 unspecified atom stereocenters. The van der Waals surface area contributed by atoms with Crippen molar-refractivity contribution in [2.75, 3.05) is 6.61 Å². The predicted octanol–water partition coefficient (Wildman–Crippen LogP) is 3.45. The highest BCUT2D eigenvalue weighted by atomic mass is 19.4. The number of rotatable bonds is 5. The summed E-state index contributed by atoms with van der Waals surface area (Å²) in [7, 11) is 0. The molecule has 1 aromatic rings. The SMILES string of the molecule is O=[N+]([O-])c1cccc(COCC(F)(F)C(F)(F)F)c1F. The van der Waals surface area contributed by atoms with Gasteiger partial charge in [0.25, 0.3) is 0 Å². The van der Waals surface area contributed by atoms with Crippen molar-refractivity contribution in [1.29, 1.82) is 0 Å². The second-order valence-corrected chi connectivity index (χ2v) is 3.70. The second kappa shape index (κ2) is 5.65. The first-order valence-corrected chi connectivity index (χ1v) is 5.00. The summed E-state index contributed by atoms with van der Waals surface area (Å²) in [4.78, 5) is 9.34. The molecule has 0 aromatic heterocycles. The molecule has 1 rings (SSSR count). The number of nitrogens with zero attached hydrogens (tertiary/aromatic N) is 1. The van der Waals surface area contributed by atoms with Gasteiger partial charge in [0.2, 0.25) is 5.82 Å². The van der Waals surface area contributed by atoms with Gasteiger partial charge in [-0.05, 0) is 0 Å². The summed E-state index contributed by atoms with van der Waals surface area (Å²) >= 11 is 0. The summed E-state index contributed by atoms with van der Waals surface area (Å²) in [5.74, 6) is -6.42. The molecule has 0 saturated heterocycles. The minimum atomic E-state index is -5.78. The van der Waals surface area contributed by atoms with Gasteiger partial charge in [-0.15, -0.1) is 0 Å². The maximum absolute atomic E-state index is 13.4. The Bertz CT molecular complexity index is 502. The van der Waals surface area contributed by atoms with Crippen LogP contribution in [-0.2, 0) is 11.3 Å². The predicted molar refractivity (Wildman–Crippen MR) is 53.7 cm³/mol. The zero-order valence-electron chi connectivity index (χ0n) is 9.59. The van der Waals surface area contributed by atoms with Gasteiger partial charge in [-0.3, -0.25) is 10.1 Å². The van der Waals surface area contributed by atoms with Gasteiger partial charge in [-0.2, -0.15) is 26.3 Å². The van der Waals surface area contributed by atoms with Crippen LogP contribution in [0.15, 0.2) is 18.2 Å². The Hall–Kier alpha value is -1.84. The normalized spacial score (nSPS) is 12.5. The number of hydrogen-bond donors (Lipinski definition) is 0. The molecule has 0 aliphatic heterocycles. The van der Waals surface area contributed by atoms with Crippen LogP contribution >= 0.6 is 0 Å². The Labute approximate surface area is 108 Å². The minimum Gasteiger partial charge on any atom is -0.370 e. The summed E-state index contributed by atoms with van der Waals surface area (Å²) in [5, 5.41) is 10.4. The maximum Gasteiger partial charge on any atom is 0.455 e. The summed E-state index contributed by atoms with van der Waals surface area (Å²) in [5.41, 5.74) is -1.41. The van der Waals surface area contributed by atoms with E-state index in [4.69, 9.17) is 0 Å². The van der Waals surface area contributed by atoms with Gasteiger partial charge in [-0.25, -0.2) is 0 Å². The molecule has 4 nitrogen and oxygen atoms in total. The van der Waals surface area contributed by atoms with Crippen molar-refractivity contribution in [1.82, 2.24) is 0 Å². The zero-order chi connectivity index (χ0) is 15.6. The van der Waals surface area contributed by atoms with Gasteiger partial charge in [0.05, 0.1) is 11.5 Å². The van der Waals surface area contributed by atoms with Gasteiger partial charge in [0.1, 0.15) is 6.61 Å². The lowest BCUT2D eigenvalue weighted by molar-refractivity contribution is -0.387. The fourth-order valence-corrected chi connectivity index (χ4v) is 1.19. The fraction of sp³-hybridized carbons (Fsp3) is 0.400. The Kier molecular flexibility index (Phi) is 4.58. The molecule has 0 atom stereocenters. The molecular formula is C10H7F6NO3. The van der Waals surface area contributed by atoms with E-state index in [-0.39, 0.29) is 0 Å². The quantitative estimate of drug-likeness (QED) is 0.475. The standard InChI is InChI=1S/C10H7F6NO3/c11-8-6(2-1-3-7(8)17(18)19)4-20-5-9(12,13)10(14,15)16/h1-3H,4-5H2. The van der Waals surface area contributed by atoms with E-state index in [2.05, 4.69) is 4.74 Å². The molecule has 0 spiro atoms. The maximum atomic E-state index is 13.4. The number of nitro benzene ring substituents is 1. The van der Waals surface area contributed by atoms with E-state index in [1.807, 2.05) is 0 Å². The number of ether oxygens (including phenoxy) is 1. The number of halogens is 6. The molecule has 0 amide bonds. The van der Waals surface area contributed by atoms with Crippen molar-refractivity contribution in [2.45, 2.75) is 18.7 Å². The highest BCUT2D eigenvalue weighted by molar-refractivity contribution is 5.36. The Morgan fingerprint density at radius 2 is 1.80 bits per heavy atom. The third-order valence-corrected chi connectivity index (χ3v) is 2.21. The summed E-state index contributed by atoms with van der Waals surface area (Å²) in [6, 6.07) is 2.86. The fourth-order valence-electron chi connectivity index (χ4n) is 1.19. The van der Waals surface area contributed by atoms with Gasteiger partial charge >= 0.3 is 17.8 Å². The lowest BCUT2D eigenvalue weighted by Crippen LogP contribution is -2.40. The highest BCUT2D eigenvalue weighted by Gasteiger charge is 2.57. The Balaban J connectivity index is 2.73. The van der Waals surface area contributed by atoms with Crippen LogP contribution in [0.1, 0.15) is 5.56 Å². The van der Waals surface area contributed by atoms with Crippen LogP contribution in [0, 0.1) is 15.9 Å². The first kappa shape index (κ1) is 16.2. The van der Waals surface area contributed by atoms with E-state index in [0.717, 1.165) is 18.2 Å². The zero-order valence-corrected chi connectivity index (χ0v) is 9.59. The summed E-state index contributed by atoms with van der Waals surface area (Å²) in [6.07, 6.45) is -5.78. The Morgan fingerprint density at radius 1 is 1.20 bits per heavy atom. The molecule has 0 bridgehead atoms. The van der Waals surface area contributed by atoms with Crippen molar-refractivity contribution in [3.63, 3.8) is 0 Å². The van der Waals surface area contributed by atoms with Crippen LogP contribution in [0.3, 0.4) is 0 Å². The van der Waals surface area contributed by atoms with Crippen LogP contribution in [0.25, 0.3) is 0 Å². The number of nitro groups is 1. The molecule has 0 radical (unpaired) electrons. The average Bonchev–Trinajstić information content (AvgIpc) is 2.29. The van der Waals surface area contributed by atoms with Gasteiger partial charge in [-0.1, -0.05) is 12.1 Å². The van der Waals surface area contributed by atoms with E-state index in [9.17, 15) is 36.5 Å². The Morgan fingerprint density at radius 3 is 2.30 bits per heavy atom. The first-order valence-electron chi connectivity index (χ1n) is 5.00. The molecule has 0 aliphatic rings. The van der Waals surface area contributed by atoms with Crippen LogP contribution in [0.4, 0.5) is 32.0 Å². The van der Waals surface area contributed by atoms with Gasteiger partial charge in [0.15, 0.2) is 0 Å². The van der Waals surface area contributed by atoms with Gasteiger partial charge in [0, 0.05) is 11.6 Å². The van der Waals surface area contributed by atoms with Crippen molar-refractivity contribution in [3.05, 3.63) is 39.7 Å². The topological polar surface area (TPSA) is 52.4 Å². The summed E-state index contributed by atoms with van der Waals surface area (Å²) < 4.78 is 78.0. The first-order chi connectivity index (χ1) is 9.06. The molecule has 20 heavy (non-hydrogen) atoms. The lowest BCUT2D eigenvalue weighted by atomic mass is 10.2. The smallest absolute Gasteiger partial charge is 0.370 e. The third kappa shape index (κ3) is 3.59. The molecule has 1 aromatic carbocycles. The largest absolute Gasteiger partial charge is 0.455 e. The average molecular weight is 303 g/mol.